The first-order chi connectivity index (χ1) is 14.0. The Morgan fingerprint density at radius 1 is 1.21 bits per heavy atom. The van der Waals surface area contributed by atoms with Crippen LogP contribution in [0.5, 0.6) is 0 Å². The van der Waals surface area contributed by atoms with E-state index in [2.05, 4.69) is 19.1 Å². The van der Waals surface area contributed by atoms with E-state index in [1.807, 2.05) is 24.8 Å². The lowest BCUT2D eigenvalue weighted by atomic mass is 9.88. The molecular weight excluding hydrogens is 362 g/mol. The van der Waals surface area contributed by atoms with Crippen LogP contribution in [0, 0.1) is 17.8 Å². The first-order valence-corrected chi connectivity index (χ1v) is 12.0. The van der Waals surface area contributed by atoms with Crippen LogP contribution in [0.1, 0.15) is 85.0 Å². The fourth-order valence-electron chi connectivity index (χ4n) is 5.11. The van der Waals surface area contributed by atoms with E-state index in [9.17, 15) is 15.0 Å². The third-order valence-corrected chi connectivity index (χ3v) is 6.86. The second kappa shape index (κ2) is 12.5. The molecule has 0 bridgehead atoms. The first-order valence-electron chi connectivity index (χ1n) is 12.0. The topological polar surface area (TPSA) is 60.8 Å². The molecule has 2 rings (SSSR count). The van der Waals surface area contributed by atoms with Gasteiger partial charge in [0.1, 0.15) is 0 Å². The lowest BCUT2D eigenvalue weighted by Crippen LogP contribution is -2.30. The SMILES string of the molecule is CCCCC[C@H](O)/C=C/[C@@H]1[C@H]2CC(CCCCC(=O)N(CC)CC)=C[C@H]2C[C@H]1O. The van der Waals surface area contributed by atoms with Gasteiger partial charge in [-0.25, -0.2) is 0 Å². The maximum absolute atomic E-state index is 12.1. The van der Waals surface area contributed by atoms with Gasteiger partial charge in [0.15, 0.2) is 0 Å². The molecule has 0 heterocycles. The number of hydrogen-bond acceptors (Lipinski definition) is 3. The summed E-state index contributed by atoms with van der Waals surface area (Å²) in [5, 5.41) is 20.6. The van der Waals surface area contributed by atoms with E-state index in [0.29, 0.717) is 18.3 Å². The Labute approximate surface area is 178 Å². The van der Waals surface area contributed by atoms with E-state index >= 15 is 0 Å². The monoisotopic (exact) mass is 405 g/mol. The highest BCUT2D eigenvalue weighted by Gasteiger charge is 2.43. The number of fused-ring (bicyclic) bond motifs is 1. The highest BCUT2D eigenvalue weighted by atomic mass is 16.3. The van der Waals surface area contributed by atoms with Gasteiger partial charge in [-0.1, -0.05) is 50.0 Å². The molecule has 2 aliphatic rings. The van der Waals surface area contributed by atoms with Crippen molar-refractivity contribution in [2.24, 2.45) is 17.8 Å². The van der Waals surface area contributed by atoms with Crippen molar-refractivity contribution in [2.45, 2.75) is 97.2 Å². The molecule has 0 aliphatic heterocycles. The molecule has 5 atom stereocenters. The van der Waals surface area contributed by atoms with Gasteiger partial charge in [-0.15, -0.1) is 0 Å². The normalized spacial score (nSPS) is 27.3. The molecule has 0 unspecified atom stereocenters. The molecule has 4 nitrogen and oxygen atoms in total. The van der Waals surface area contributed by atoms with Gasteiger partial charge in [0.05, 0.1) is 12.2 Å². The number of unbranched alkanes of at least 4 members (excludes halogenated alkanes) is 3. The minimum Gasteiger partial charge on any atom is -0.392 e. The van der Waals surface area contributed by atoms with Crippen molar-refractivity contribution >= 4 is 5.91 Å². The maximum Gasteiger partial charge on any atom is 0.222 e. The zero-order valence-electron chi connectivity index (χ0n) is 18.9. The van der Waals surface area contributed by atoms with Crippen molar-refractivity contribution < 1.29 is 15.0 Å². The van der Waals surface area contributed by atoms with Crippen molar-refractivity contribution in [3.05, 3.63) is 23.8 Å². The summed E-state index contributed by atoms with van der Waals surface area (Å²) >= 11 is 0. The van der Waals surface area contributed by atoms with Gasteiger partial charge in [-0.2, -0.15) is 0 Å². The molecule has 0 radical (unpaired) electrons. The highest BCUT2D eigenvalue weighted by molar-refractivity contribution is 5.76. The molecule has 2 N–H and O–H groups in total. The molecule has 1 amide bonds. The smallest absolute Gasteiger partial charge is 0.222 e. The molecule has 1 fully saturated rings. The minimum atomic E-state index is -0.384. The molecule has 0 aromatic rings. The van der Waals surface area contributed by atoms with E-state index in [0.717, 1.165) is 64.5 Å². The molecule has 1 saturated carbocycles. The first kappa shape index (κ1) is 24.1. The van der Waals surface area contributed by atoms with Crippen LogP contribution in [0.2, 0.25) is 0 Å². The summed E-state index contributed by atoms with van der Waals surface area (Å²) in [7, 11) is 0. The molecule has 29 heavy (non-hydrogen) atoms. The van der Waals surface area contributed by atoms with Crippen molar-refractivity contribution in [2.75, 3.05) is 13.1 Å². The molecule has 166 valence electrons. The predicted molar refractivity (Wildman–Crippen MR) is 119 cm³/mol. The average Bonchev–Trinajstić information content (AvgIpc) is 3.21. The number of carbonyl (C=O) groups excluding carboxylic acids is 1. The number of carbonyl (C=O) groups is 1. The molecule has 0 spiro atoms. The van der Waals surface area contributed by atoms with Gasteiger partial charge in [-0.3, -0.25) is 4.79 Å². The van der Waals surface area contributed by atoms with Crippen LogP contribution in [-0.4, -0.2) is 46.3 Å². The van der Waals surface area contributed by atoms with Gasteiger partial charge >= 0.3 is 0 Å². The van der Waals surface area contributed by atoms with E-state index in [1.165, 1.54) is 12.0 Å². The second-order valence-corrected chi connectivity index (χ2v) is 8.96. The average molecular weight is 406 g/mol. The number of hydrogen-bond donors (Lipinski definition) is 2. The third-order valence-electron chi connectivity index (χ3n) is 6.86. The van der Waals surface area contributed by atoms with Crippen LogP contribution in [-0.2, 0) is 4.79 Å². The van der Waals surface area contributed by atoms with Crippen LogP contribution in [0.3, 0.4) is 0 Å². The molecule has 0 aromatic carbocycles. The Kier molecular flexibility index (Phi) is 10.4. The standard InChI is InChI=1S/C25H43NO3/c1-4-7-8-12-21(27)14-15-22-23-17-19(16-20(23)18-24(22)28)11-9-10-13-25(29)26(5-2)6-3/h14-16,20-24,27-28H,4-13,17-18H2,1-3H3/b15-14+/t20-,21-,22+,23-,24+/m0/s1. The van der Waals surface area contributed by atoms with Crippen LogP contribution in [0.15, 0.2) is 23.8 Å². The van der Waals surface area contributed by atoms with Gasteiger partial charge in [0, 0.05) is 25.4 Å². The summed E-state index contributed by atoms with van der Waals surface area (Å²) in [5.74, 6) is 1.40. The maximum atomic E-state index is 12.1. The zero-order valence-corrected chi connectivity index (χ0v) is 18.9. The number of nitrogens with zero attached hydrogens (tertiary/aromatic N) is 1. The Morgan fingerprint density at radius 3 is 2.66 bits per heavy atom. The second-order valence-electron chi connectivity index (χ2n) is 8.96. The lowest BCUT2D eigenvalue weighted by molar-refractivity contribution is -0.130. The van der Waals surface area contributed by atoms with Crippen LogP contribution < -0.4 is 0 Å². The predicted octanol–water partition coefficient (Wildman–Crippen LogP) is 4.86. The van der Waals surface area contributed by atoms with Crippen LogP contribution >= 0.6 is 0 Å². The number of rotatable bonds is 13. The lowest BCUT2D eigenvalue weighted by Gasteiger charge is -2.19. The largest absolute Gasteiger partial charge is 0.392 e. The summed E-state index contributed by atoms with van der Waals surface area (Å²) in [6.07, 6.45) is 15.6. The van der Waals surface area contributed by atoms with E-state index < -0.39 is 0 Å². The molecule has 0 saturated heterocycles. The van der Waals surface area contributed by atoms with E-state index in [1.54, 1.807) is 0 Å². The van der Waals surface area contributed by atoms with E-state index in [-0.39, 0.29) is 24.0 Å². The van der Waals surface area contributed by atoms with Gasteiger partial charge in [0.25, 0.3) is 0 Å². The molecule has 2 aliphatic carbocycles. The Balaban J connectivity index is 1.74. The summed E-state index contributed by atoms with van der Waals surface area (Å²) in [6, 6.07) is 0. The molecule has 0 aromatic heterocycles. The van der Waals surface area contributed by atoms with Crippen molar-refractivity contribution in [3.63, 3.8) is 0 Å². The van der Waals surface area contributed by atoms with Crippen molar-refractivity contribution in [1.82, 2.24) is 4.90 Å². The minimum absolute atomic E-state index is 0.166. The fraction of sp³-hybridized carbons (Fsp3) is 0.800. The fourth-order valence-corrected chi connectivity index (χ4v) is 5.11. The Bertz CT molecular complexity index is 552. The quantitative estimate of drug-likeness (QED) is 0.340. The number of aliphatic hydroxyl groups excluding tert-OH is 2. The molecule has 4 heteroatoms. The Hall–Kier alpha value is -1.13. The van der Waals surface area contributed by atoms with Gasteiger partial charge in [0.2, 0.25) is 5.91 Å². The van der Waals surface area contributed by atoms with Crippen molar-refractivity contribution in [1.29, 1.82) is 0 Å². The van der Waals surface area contributed by atoms with Gasteiger partial charge in [-0.05, 0) is 64.2 Å². The molecular formula is C25H43NO3. The summed E-state index contributed by atoms with van der Waals surface area (Å²) in [6.45, 7) is 7.84. The van der Waals surface area contributed by atoms with Crippen LogP contribution in [0.25, 0.3) is 0 Å². The number of amides is 1. The summed E-state index contributed by atoms with van der Waals surface area (Å²) < 4.78 is 0. The number of allylic oxidation sites excluding steroid dienone is 2. The zero-order chi connectivity index (χ0) is 21.2. The van der Waals surface area contributed by atoms with E-state index in [4.69, 9.17) is 0 Å². The van der Waals surface area contributed by atoms with Gasteiger partial charge < -0.3 is 15.1 Å². The highest BCUT2D eigenvalue weighted by Crippen LogP contribution is 2.48. The number of aliphatic hydroxyl groups is 2. The Morgan fingerprint density at radius 2 is 1.97 bits per heavy atom. The van der Waals surface area contributed by atoms with Crippen LogP contribution in [0.4, 0.5) is 0 Å². The van der Waals surface area contributed by atoms with Crippen molar-refractivity contribution in [3.8, 4) is 0 Å². The third kappa shape index (κ3) is 7.25. The summed E-state index contributed by atoms with van der Waals surface area (Å²) in [5.41, 5.74) is 1.50. The summed E-state index contributed by atoms with van der Waals surface area (Å²) in [4.78, 5) is 14.0.